The second-order valence-corrected chi connectivity index (χ2v) is 9.27. The van der Waals surface area contributed by atoms with E-state index in [2.05, 4.69) is 0 Å². The minimum Gasteiger partial charge on any atom is -0.370 e. The molecular formula is C13H20ClNO3S2. The van der Waals surface area contributed by atoms with E-state index in [0.29, 0.717) is 23.9 Å². The number of hydrogen-bond acceptors (Lipinski definition) is 4. The Labute approximate surface area is 129 Å². The predicted molar refractivity (Wildman–Crippen MR) is 82.0 cm³/mol. The molecule has 0 aliphatic carbocycles. The van der Waals surface area contributed by atoms with Crippen molar-refractivity contribution in [1.82, 2.24) is 4.31 Å². The van der Waals surface area contributed by atoms with Crippen LogP contribution in [0.1, 0.15) is 30.5 Å². The fourth-order valence-corrected chi connectivity index (χ4v) is 5.92. The lowest BCUT2D eigenvalue weighted by atomic mass is 10.1. The number of ether oxygens (including phenoxy) is 1. The predicted octanol–water partition coefficient (Wildman–Crippen LogP) is 2.98. The third-order valence-electron chi connectivity index (χ3n) is 3.21. The molecule has 1 aromatic rings. The molecule has 0 radical (unpaired) electrons. The fraction of sp³-hybridized carbons (Fsp3) is 0.692. The van der Waals surface area contributed by atoms with Crippen molar-refractivity contribution in [3.63, 3.8) is 0 Å². The number of alkyl halides is 1. The summed E-state index contributed by atoms with van der Waals surface area (Å²) in [5.41, 5.74) is -0.468. The second kappa shape index (κ2) is 5.57. The molecule has 1 saturated heterocycles. The number of rotatable bonds is 3. The molecule has 0 bridgehead atoms. The summed E-state index contributed by atoms with van der Waals surface area (Å²) >= 11 is 7.24. The summed E-state index contributed by atoms with van der Waals surface area (Å²) in [5, 5.41) is 0. The van der Waals surface area contributed by atoms with Gasteiger partial charge in [0.25, 0.3) is 0 Å². The summed E-state index contributed by atoms with van der Waals surface area (Å²) in [6.45, 7) is 8.30. The van der Waals surface area contributed by atoms with Gasteiger partial charge in [-0.1, -0.05) is 0 Å². The van der Waals surface area contributed by atoms with E-state index in [1.54, 1.807) is 6.07 Å². The van der Waals surface area contributed by atoms with Crippen molar-refractivity contribution in [3.8, 4) is 0 Å². The fourth-order valence-electron chi connectivity index (χ4n) is 2.56. The van der Waals surface area contributed by atoms with E-state index in [1.807, 2.05) is 27.7 Å². The molecular weight excluding hydrogens is 318 g/mol. The molecule has 7 heteroatoms. The molecule has 1 unspecified atom stereocenters. The molecule has 0 saturated carbocycles. The molecule has 1 atom stereocenters. The van der Waals surface area contributed by atoms with Crippen molar-refractivity contribution >= 4 is 33.0 Å². The smallest absolute Gasteiger partial charge is 0.244 e. The quantitative estimate of drug-likeness (QED) is 0.797. The lowest BCUT2D eigenvalue weighted by Gasteiger charge is -2.40. The van der Waals surface area contributed by atoms with Crippen LogP contribution in [0.3, 0.4) is 0 Å². The Bertz CT molecular complexity index is 595. The van der Waals surface area contributed by atoms with E-state index < -0.39 is 15.6 Å². The van der Waals surface area contributed by atoms with Gasteiger partial charge in [0.2, 0.25) is 10.0 Å². The van der Waals surface area contributed by atoms with Crippen molar-refractivity contribution in [2.75, 3.05) is 13.1 Å². The number of morpholine rings is 1. The van der Waals surface area contributed by atoms with Crippen LogP contribution in [0.15, 0.2) is 11.0 Å². The molecule has 20 heavy (non-hydrogen) atoms. The van der Waals surface area contributed by atoms with Crippen LogP contribution in [0.2, 0.25) is 0 Å². The molecule has 4 nitrogen and oxygen atoms in total. The summed E-state index contributed by atoms with van der Waals surface area (Å²) in [6.07, 6.45) is -0.111. The molecule has 0 amide bonds. The van der Waals surface area contributed by atoms with Crippen LogP contribution >= 0.6 is 22.9 Å². The van der Waals surface area contributed by atoms with Crippen molar-refractivity contribution < 1.29 is 13.2 Å². The average molecular weight is 338 g/mol. The monoisotopic (exact) mass is 337 g/mol. The van der Waals surface area contributed by atoms with Gasteiger partial charge in [-0.2, -0.15) is 4.31 Å². The highest BCUT2D eigenvalue weighted by Crippen LogP contribution is 2.32. The lowest BCUT2D eigenvalue weighted by molar-refractivity contribution is -0.109. The molecule has 0 N–H and O–H groups in total. The van der Waals surface area contributed by atoms with E-state index in [1.165, 1.54) is 15.6 Å². The summed E-state index contributed by atoms with van der Waals surface area (Å²) in [7, 11) is -3.48. The maximum Gasteiger partial charge on any atom is 0.244 e. The van der Waals surface area contributed by atoms with Gasteiger partial charge in [0.1, 0.15) is 0 Å². The Kier molecular flexibility index (Phi) is 4.52. The van der Waals surface area contributed by atoms with Crippen LogP contribution in [0.4, 0.5) is 0 Å². The maximum absolute atomic E-state index is 12.8. The highest BCUT2D eigenvalue weighted by Gasteiger charge is 2.38. The first-order valence-electron chi connectivity index (χ1n) is 6.49. The van der Waals surface area contributed by atoms with Crippen LogP contribution in [0.25, 0.3) is 0 Å². The van der Waals surface area contributed by atoms with E-state index in [0.717, 1.165) is 9.75 Å². The molecule has 1 fully saturated rings. The number of nitrogens with zero attached hydrogens (tertiary/aromatic N) is 1. The third kappa shape index (κ3) is 3.20. The van der Waals surface area contributed by atoms with Crippen molar-refractivity contribution in [3.05, 3.63) is 15.8 Å². The Morgan fingerprint density at radius 3 is 2.70 bits per heavy atom. The van der Waals surface area contributed by atoms with Crippen molar-refractivity contribution in [2.24, 2.45) is 0 Å². The van der Waals surface area contributed by atoms with Crippen LogP contribution in [-0.4, -0.2) is 37.5 Å². The van der Waals surface area contributed by atoms with Gasteiger partial charge in [0.05, 0.1) is 22.5 Å². The minimum atomic E-state index is -3.48. The Hall–Kier alpha value is -0.140. The molecule has 2 rings (SSSR count). The number of hydrogen-bond donors (Lipinski definition) is 0. The molecule has 1 aliphatic heterocycles. The Morgan fingerprint density at radius 2 is 2.20 bits per heavy atom. The molecule has 0 aromatic carbocycles. The molecule has 1 aliphatic rings. The van der Waals surface area contributed by atoms with Crippen LogP contribution in [-0.2, 0) is 20.6 Å². The second-order valence-electron chi connectivity index (χ2n) is 5.75. The number of sulfonamides is 1. The van der Waals surface area contributed by atoms with Gasteiger partial charge in [-0.05, 0) is 33.8 Å². The summed E-state index contributed by atoms with van der Waals surface area (Å²) in [4.78, 5) is 2.05. The zero-order valence-electron chi connectivity index (χ0n) is 12.1. The first-order chi connectivity index (χ1) is 9.15. The summed E-state index contributed by atoms with van der Waals surface area (Å²) in [6, 6.07) is 1.69. The Morgan fingerprint density at radius 1 is 1.55 bits per heavy atom. The minimum absolute atomic E-state index is 0.111. The van der Waals surface area contributed by atoms with Crippen molar-refractivity contribution in [2.45, 2.75) is 50.2 Å². The Balaban J connectivity index is 2.36. The van der Waals surface area contributed by atoms with Crippen LogP contribution < -0.4 is 0 Å². The normalized spacial score (nSPS) is 23.9. The van der Waals surface area contributed by atoms with Gasteiger partial charge in [-0.25, -0.2) is 8.42 Å². The molecule has 2 heterocycles. The maximum atomic E-state index is 12.8. The lowest BCUT2D eigenvalue weighted by Crippen LogP contribution is -2.53. The molecule has 0 spiro atoms. The SMILES string of the molecule is Cc1sc(CCl)cc1S(=O)(=O)N1CC(C)OC(C)(C)C1. The molecule has 1 aromatic heterocycles. The molecule has 114 valence electrons. The first-order valence-corrected chi connectivity index (χ1v) is 9.28. The van der Waals surface area contributed by atoms with E-state index in [-0.39, 0.29) is 6.10 Å². The zero-order chi connectivity index (χ0) is 15.1. The average Bonchev–Trinajstić information content (AvgIpc) is 2.68. The standard InChI is InChI=1S/C13H20ClNO3S2/c1-9-7-15(8-13(3,4)18-9)20(16,17)12-5-11(6-14)19-10(12)2/h5,9H,6-8H2,1-4H3. The van der Waals surface area contributed by atoms with Crippen molar-refractivity contribution in [1.29, 1.82) is 0 Å². The van der Waals surface area contributed by atoms with Gasteiger partial charge in [-0.3, -0.25) is 0 Å². The van der Waals surface area contributed by atoms with E-state index >= 15 is 0 Å². The summed E-state index contributed by atoms with van der Waals surface area (Å²) < 4.78 is 32.9. The highest BCUT2D eigenvalue weighted by atomic mass is 35.5. The first kappa shape index (κ1) is 16.2. The van der Waals surface area contributed by atoms with Gasteiger partial charge >= 0.3 is 0 Å². The number of halogens is 1. The number of thiophene rings is 1. The van der Waals surface area contributed by atoms with Crippen LogP contribution in [0, 0.1) is 6.92 Å². The van der Waals surface area contributed by atoms with Gasteiger partial charge in [0, 0.05) is 22.8 Å². The van der Waals surface area contributed by atoms with E-state index in [4.69, 9.17) is 16.3 Å². The van der Waals surface area contributed by atoms with E-state index in [9.17, 15) is 8.42 Å². The van der Waals surface area contributed by atoms with Gasteiger partial charge in [-0.15, -0.1) is 22.9 Å². The van der Waals surface area contributed by atoms with Gasteiger partial charge in [0.15, 0.2) is 0 Å². The number of aryl methyl sites for hydroxylation is 1. The van der Waals surface area contributed by atoms with Gasteiger partial charge < -0.3 is 4.74 Å². The topological polar surface area (TPSA) is 46.6 Å². The largest absolute Gasteiger partial charge is 0.370 e. The third-order valence-corrected chi connectivity index (χ3v) is 6.77. The van der Waals surface area contributed by atoms with Crippen LogP contribution in [0.5, 0.6) is 0 Å². The highest BCUT2D eigenvalue weighted by molar-refractivity contribution is 7.89. The summed E-state index contributed by atoms with van der Waals surface area (Å²) in [5.74, 6) is 0.339. The zero-order valence-corrected chi connectivity index (χ0v) is 14.5.